The van der Waals surface area contributed by atoms with Crippen molar-refractivity contribution in [3.05, 3.63) is 38.5 Å². The molecular weight excluding hydrogens is 322 g/mol. The smallest absolute Gasteiger partial charge is 0.283 e. The maximum atomic E-state index is 12.0. The first-order valence-electron chi connectivity index (χ1n) is 6.57. The Labute approximate surface area is 125 Å². The number of hydrogen-bond donors (Lipinski definition) is 1. The van der Waals surface area contributed by atoms with Crippen molar-refractivity contribution in [1.29, 1.82) is 0 Å². The summed E-state index contributed by atoms with van der Waals surface area (Å²) in [7, 11) is 1.91. The van der Waals surface area contributed by atoms with Crippen LogP contribution in [-0.4, -0.2) is 19.6 Å². The molecule has 6 nitrogen and oxygen atoms in total. The Bertz CT molecular complexity index is 661. The van der Waals surface area contributed by atoms with Gasteiger partial charge in [0.15, 0.2) is 0 Å². The summed E-state index contributed by atoms with van der Waals surface area (Å²) < 4.78 is 3.73. The van der Waals surface area contributed by atoms with Gasteiger partial charge < -0.3 is 5.32 Å². The molecule has 0 unspecified atom stereocenters. The van der Waals surface area contributed by atoms with Gasteiger partial charge in [-0.15, -0.1) is 0 Å². The van der Waals surface area contributed by atoms with Gasteiger partial charge in [-0.05, 0) is 29.3 Å². The SMILES string of the molecule is CCc1nn(C)cc1CNc1cnn(CC)c(=O)c1Br. The van der Waals surface area contributed by atoms with Gasteiger partial charge in [0.25, 0.3) is 5.56 Å². The molecule has 2 aromatic heterocycles. The van der Waals surface area contributed by atoms with Crippen LogP contribution in [0.15, 0.2) is 21.7 Å². The van der Waals surface area contributed by atoms with Gasteiger partial charge in [-0.3, -0.25) is 9.48 Å². The van der Waals surface area contributed by atoms with Crippen LogP contribution in [0.3, 0.4) is 0 Å². The van der Waals surface area contributed by atoms with Crippen LogP contribution in [-0.2, 0) is 26.6 Å². The van der Waals surface area contributed by atoms with E-state index in [1.807, 2.05) is 20.2 Å². The number of anilines is 1. The molecule has 0 aliphatic carbocycles. The molecule has 2 rings (SSSR count). The fourth-order valence-electron chi connectivity index (χ4n) is 2.03. The van der Waals surface area contributed by atoms with E-state index >= 15 is 0 Å². The van der Waals surface area contributed by atoms with Crippen LogP contribution in [0.25, 0.3) is 0 Å². The van der Waals surface area contributed by atoms with Gasteiger partial charge >= 0.3 is 0 Å². The van der Waals surface area contributed by atoms with Crippen LogP contribution in [0.1, 0.15) is 25.1 Å². The van der Waals surface area contributed by atoms with Crippen molar-refractivity contribution in [3.63, 3.8) is 0 Å². The lowest BCUT2D eigenvalue weighted by Crippen LogP contribution is -2.23. The quantitative estimate of drug-likeness (QED) is 0.903. The summed E-state index contributed by atoms with van der Waals surface area (Å²) in [6.07, 6.45) is 4.53. The molecule has 108 valence electrons. The van der Waals surface area contributed by atoms with E-state index in [0.29, 0.717) is 23.2 Å². The molecule has 0 atom stereocenters. The number of nitrogens with zero attached hydrogens (tertiary/aromatic N) is 4. The summed E-state index contributed by atoms with van der Waals surface area (Å²) in [6.45, 7) is 5.13. The minimum atomic E-state index is -0.126. The number of nitrogens with one attached hydrogen (secondary N) is 1. The Balaban J connectivity index is 2.19. The normalized spacial score (nSPS) is 10.8. The summed E-state index contributed by atoms with van der Waals surface area (Å²) in [5.74, 6) is 0. The Morgan fingerprint density at radius 1 is 1.40 bits per heavy atom. The first kappa shape index (κ1) is 14.8. The summed E-state index contributed by atoms with van der Waals surface area (Å²) in [5, 5.41) is 11.7. The topological polar surface area (TPSA) is 64.7 Å². The van der Waals surface area contributed by atoms with Crippen LogP contribution >= 0.6 is 15.9 Å². The maximum absolute atomic E-state index is 12.0. The average Bonchev–Trinajstić information content (AvgIpc) is 2.81. The highest BCUT2D eigenvalue weighted by molar-refractivity contribution is 9.10. The maximum Gasteiger partial charge on any atom is 0.283 e. The van der Waals surface area contributed by atoms with Crippen molar-refractivity contribution in [2.24, 2.45) is 7.05 Å². The lowest BCUT2D eigenvalue weighted by atomic mass is 10.2. The average molecular weight is 340 g/mol. The molecule has 0 radical (unpaired) electrons. The third kappa shape index (κ3) is 2.92. The second-order valence-electron chi connectivity index (χ2n) is 4.47. The highest BCUT2D eigenvalue weighted by Crippen LogP contribution is 2.18. The Morgan fingerprint density at radius 2 is 2.15 bits per heavy atom. The van der Waals surface area contributed by atoms with Gasteiger partial charge in [0.2, 0.25) is 0 Å². The molecule has 1 N–H and O–H groups in total. The van der Waals surface area contributed by atoms with Crippen LogP contribution in [0.2, 0.25) is 0 Å². The Kier molecular flexibility index (Phi) is 4.59. The third-order valence-corrected chi connectivity index (χ3v) is 3.85. The fourth-order valence-corrected chi connectivity index (χ4v) is 2.48. The second-order valence-corrected chi connectivity index (χ2v) is 5.27. The predicted octanol–water partition coefficient (Wildman–Crippen LogP) is 1.93. The number of rotatable bonds is 5. The molecule has 0 aliphatic heterocycles. The van der Waals surface area contributed by atoms with Gasteiger partial charge in [-0.1, -0.05) is 6.92 Å². The fraction of sp³-hybridized carbons (Fsp3) is 0.462. The monoisotopic (exact) mass is 339 g/mol. The number of hydrogen-bond acceptors (Lipinski definition) is 4. The van der Waals surface area contributed by atoms with Crippen LogP contribution in [0.4, 0.5) is 5.69 Å². The summed E-state index contributed by atoms with van der Waals surface area (Å²) >= 11 is 3.33. The molecule has 0 aromatic carbocycles. The van der Waals surface area contributed by atoms with Crippen molar-refractivity contribution >= 4 is 21.6 Å². The van der Waals surface area contributed by atoms with E-state index in [0.717, 1.165) is 17.7 Å². The number of aryl methyl sites for hydroxylation is 3. The minimum absolute atomic E-state index is 0.126. The van der Waals surface area contributed by atoms with Crippen LogP contribution < -0.4 is 10.9 Å². The van der Waals surface area contributed by atoms with Crippen LogP contribution in [0.5, 0.6) is 0 Å². The van der Waals surface area contributed by atoms with Gasteiger partial charge in [0.1, 0.15) is 4.47 Å². The van der Waals surface area contributed by atoms with Crippen molar-refractivity contribution in [1.82, 2.24) is 19.6 Å². The van der Waals surface area contributed by atoms with Crippen molar-refractivity contribution in [2.45, 2.75) is 33.4 Å². The molecule has 0 saturated heterocycles. The zero-order valence-corrected chi connectivity index (χ0v) is 13.4. The Morgan fingerprint density at radius 3 is 2.80 bits per heavy atom. The molecule has 0 bridgehead atoms. The number of halogens is 1. The predicted molar refractivity (Wildman–Crippen MR) is 81.8 cm³/mol. The molecule has 0 saturated carbocycles. The van der Waals surface area contributed by atoms with E-state index in [1.54, 1.807) is 10.9 Å². The van der Waals surface area contributed by atoms with Gasteiger partial charge in [-0.25, -0.2) is 4.68 Å². The standard InChI is InChI=1S/C13H18BrN5O/c1-4-10-9(8-18(3)17-10)6-15-11-7-16-19(5-2)13(20)12(11)14/h7-8,15H,4-6H2,1-3H3. The Hall–Kier alpha value is -1.63. The minimum Gasteiger partial charge on any atom is -0.378 e. The highest BCUT2D eigenvalue weighted by Gasteiger charge is 2.10. The molecule has 0 amide bonds. The molecule has 2 heterocycles. The molecule has 0 fully saturated rings. The summed E-state index contributed by atoms with van der Waals surface area (Å²) in [5.41, 5.74) is 2.76. The summed E-state index contributed by atoms with van der Waals surface area (Å²) in [6, 6.07) is 0. The van der Waals surface area contributed by atoms with Crippen molar-refractivity contribution in [2.75, 3.05) is 5.32 Å². The van der Waals surface area contributed by atoms with E-state index in [2.05, 4.69) is 38.4 Å². The largest absolute Gasteiger partial charge is 0.378 e. The zero-order chi connectivity index (χ0) is 14.7. The lowest BCUT2D eigenvalue weighted by Gasteiger charge is -2.09. The summed E-state index contributed by atoms with van der Waals surface area (Å²) in [4.78, 5) is 12.0. The zero-order valence-electron chi connectivity index (χ0n) is 11.9. The molecule has 7 heteroatoms. The molecule has 2 aromatic rings. The van der Waals surface area contributed by atoms with E-state index in [9.17, 15) is 4.79 Å². The third-order valence-electron chi connectivity index (χ3n) is 3.08. The number of aromatic nitrogens is 4. The highest BCUT2D eigenvalue weighted by atomic mass is 79.9. The molecule has 20 heavy (non-hydrogen) atoms. The first-order valence-corrected chi connectivity index (χ1v) is 7.37. The van der Waals surface area contributed by atoms with E-state index in [-0.39, 0.29) is 5.56 Å². The van der Waals surface area contributed by atoms with E-state index in [4.69, 9.17) is 0 Å². The van der Waals surface area contributed by atoms with Crippen molar-refractivity contribution < 1.29 is 0 Å². The van der Waals surface area contributed by atoms with Gasteiger partial charge in [-0.2, -0.15) is 10.2 Å². The van der Waals surface area contributed by atoms with Crippen LogP contribution in [0, 0.1) is 0 Å². The van der Waals surface area contributed by atoms with Gasteiger partial charge in [0.05, 0.1) is 17.6 Å². The molecular formula is C13H18BrN5O. The van der Waals surface area contributed by atoms with Gasteiger partial charge in [0, 0.05) is 31.9 Å². The van der Waals surface area contributed by atoms with E-state index in [1.165, 1.54) is 4.68 Å². The molecule has 0 aliphatic rings. The first-order chi connectivity index (χ1) is 9.56. The molecule has 0 spiro atoms. The second kappa shape index (κ2) is 6.21. The van der Waals surface area contributed by atoms with E-state index < -0.39 is 0 Å². The lowest BCUT2D eigenvalue weighted by molar-refractivity contribution is 0.613. The van der Waals surface area contributed by atoms with Crippen molar-refractivity contribution in [3.8, 4) is 0 Å².